The number of carbonyl (C=O) groups excluding carboxylic acids is 2. The molecule has 0 unspecified atom stereocenters. The summed E-state index contributed by atoms with van der Waals surface area (Å²) in [5.74, 6) is -0.0352. The molecule has 2 aromatic heterocycles. The van der Waals surface area contributed by atoms with Crippen LogP contribution in [0.1, 0.15) is 51.4 Å². The predicted molar refractivity (Wildman–Crippen MR) is 88.0 cm³/mol. The molecule has 1 N–H and O–H groups in total. The van der Waals surface area contributed by atoms with Crippen molar-refractivity contribution in [1.82, 2.24) is 9.88 Å². The average molecular weight is 339 g/mol. The Labute approximate surface area is 143 Å². The molecule has 0 atom stereocenters. The van der Waals surface area contributed by atoms with E-state index in [2.05, 4.69) is 4.98 Å². The molecule has 0 saturated carbocycles. The van der Waals surface area contributed by atoms with Gasteiger partial charge >= 0.3 is 0 Å². The Balaban J connectivity index is 1.93. The third kappa shape index (κ3) is 3.53. The van der Waals surface area contributed by atoms with Gasteiger partial charge in [-0.05, 0) is 31.0 Å². The van der Waals surface area contributed by atoms with Gasteiger partial charge in [-0.15, -0.1) is 0 Å². The van der Waals surface area contributed by atoms with E-state index >= 15 is 0 Å². The number of nitriles is 1. The number of nitrogens with zero attached hydrogens (tertiary/aromatic N) is 2. The highest BCUT2D eigenvalue weighted by Gasteiger charge is 2.25. The van der Waals surface area contributed by atoms with Gasteiger partial charge < -0.3 is 14.3 Å². The van der Waals surface area contributed by atoms with Crippen LogP contribution in [-0.2, 0) is 13.0 Å². The molecular weight excluding hydrogens is 322 g/mol. The van der Waals surface area contributed by atoms with Gasteiger partial charge in [0, 0.05) is 24.2 Å². The van der Waals surface area contributed by atoms with E-state index < -0.39 is 11.5 Å². The first-order chi connectivity index (χ1) is 12.1. The summed E-state index contributed by atoms with van der Waals surface area (Å²) in [6, 6.07) is 6.80. The van der Waals surface area contributed by atoms with E-state index in [1.807, 2.05) is 6.07 Å². The molecular formula is C18H17N3O4. The molecule has 128 valence electrons. The molecule has 0 spiro atoms. The van der Waals surface area contributed by atoms with Crippen molar-refractivity contribution in [3.05, 3.63) is 57.4 Å². The van der Waals surface area contributed by atoms with Crippen LogP contribution in [0.15, 0.2) is 33.7 Å². The number of nitrogens with one attached hydrogen (secondary N) is 1. The van der Waals surface area contributed by atoms with Crippen molar-refractivity contribution in [1.29, 1.82) is 5.26 Å². The first-order valence-corrected chi connectivity index (χ1v) is 8.08. The summed E-state index contributed by atoms with van der Waals surface area (Å²) in [4.78, 5) is 41.3. The molecule has 25 heavy (non-hydrogen) atoms. The van der Waals surface area contributed by atoms with Gasteiger partial charge in [-0.2, -0.15) is 5.26 Å². The summed E-state index contributed by atoms with van der Waals surface area (Å²) in [6.45, 7) is 0.318. The van der Waals surface area contributed by atoms with Crippen molar-refractivity contribution in [2.75, 3.05) is 6.54 Å². The van der Waals surface area contributed by atoms with Crippen LogP contribution in [0.25, 0.3) is 0 Å². The number of ketones is 1. The molecule has 0 saturated heterocycles. The minimum absolute atomic E-state index is 0.0684. The van der Waals surface area contributed by atoms with Crippen molar-refractivity contribution < 1.29 is 14.0 Å². The Hall–Kier alpha value is -3.14. The van der Waals surface area contributed by atoms with E-state index in [1.165, 1.54) is 17.2 Å². The number of aromatic nitrogens is 1. The first-order valence-electron chi connectivity index (χ1n) is 8.08. The minimum Gasteiger partial charge on any atom is -0.467 e. The fourth-order valence-electron chi connectivity index (χ4n) is 2.93. The number of hydrogen-bond acceptors (Lipinski definition) is 5. The largest absolute Gasteiger partial charge is 0.467 e. The van der Waals surface area contributed by atoms with E-state index in [0.29, 0.717) is 36.3 Å². The third-order valence-electron chi connectivity index (χ3n) is 4.19. The van der Waals surface area contributed by atoms with Gasteiger partial charge in [-0.3, -0.25) is 14.4 Å². The van der Waals surface area contributed by atoms with Crippen molar-refractivity contribution in [2.45, 2.75) is 32.2 Å². The van der Waals surface area contributed by atoms with Crippen LogP contribution in [-0.4, -0.2) is 28.1 Å². The quantitative estimate of drug-likeness (QED) is 0.897. The first kappa shape index (κ1) is 16.7. The highest BCUT2D eigenvalue weighted by molar-refractivity contribution is 6.01. The van der Waals surface area contributed by atoms with Crippen LogP contribution in [0, 0.1) is 11.3 Å². The molecule has 7 heteroatoms. The van der Waals surface area contributed by atoms with Crippen molar-refractivity contribution in [3.63, 3.8) is 0 Å². The lowest BCUT2D eigenvalue weighted by Gasteiger charge is -2.21. The van der Waals surface area contributed by atoms with E-state index in [9.17, 15) is 14.4 Å². The number of carbonyl (C=O) groups is 2. The second kappa shape index (κ2) is 7.18. The smallest absolute Gasteiger partial charge is 0.261 e. The summed E-state index contributed by atoms with van der Waals surface area (Å²) < 4.78 is 5.25. The second-order valence-corrected chi connectivity index (χ2v) is 5.90. The molecule has 1 aliphatic carbocycles. The molecule has 1 amide bonds. The number of H-pyrrole nitrogens is 1. The monoisotopic (exact) mass is 339 g/mol. The highest BCUT2D eigenvalue weighted by Crippen LogP contribution is 2.19. The number of rotatable bonds is 5. The van der Waals surface area contributed by atoms with Gasteiger partial charge in [0.05, 0.1) is 25.3 Å². The number of furan rings is 1. The third-order valence-corrected chi connectivity index (χ3v) is 4.19. The topological polar surface area (TPSA) is 107 Å². The van der Waals surface area contributed by atoms with Crippen LogP contribution < -0.4 is 5.56 Å². The lowest BCUT2D eigenvalue weighted by Crippen LogP contribution is -2.36. The van der Waals surface area contributed by atoms with Gasteiger partial charge in [-0.1, -0.05) is 0 Å². The van der Waals surface area contributed by atoms with Gasteiger partial charge in [0.1, 0.15) is 11.3 Å². The minimum atomic E-state index is -0.519. The Kier molecular flexibility index (Phi) is 4.80. The van der Waals surface area contributed by atoms with Crippen molar-refractivity contribution in [3.8, 4) is 6.07 Å². The Morgan fingerprint density at radius 2 is 2.20 bits per heavy atom. The van der Waals surface area contributed by atoms with Crippen LogP contribution >= 0.6 is 0 Å². The summed E-state index contributed by atoms with van der Waals surface area (Å²) in [5, 5.41) is 8.82. The number of pyridine rings is 1. The lowest BCUT2D eigenvalue weighted by atomic mass is 9.93. The van der Waals surface area contributed by atoms with Gasteiger partial charge in [-0.25, -0.2) is 0 Å². The molecule has 0 bridgehead atoms. The van der Waals surface area contributed by atoms with Crippen molar-refractivity contribution in [2.24, 2.45) is 0 Å². The fraction of sp³-hybridized carbons (Fsp3) is 0.333. The zero-order valence-electron chi connectivity index (χ0n) is 13.6. The standard InChI is InChI=1S/C18H17N3O4/c19-7-3-8-21(11-12-4-2-9-25-12)18(24)14-10-13-15(20-17(14)23)5-1-6-16(13)22/h2,4,9-10H,1,3,5-6,8,11H2,(H,20,23). The van der Waals surface area contributed by atoms with Gasteiger partial charge in [0.25, 0.3) is 11.5 Å². The van der Waals surface area contributed by atoms with Crippen LogP contribution in [0.5, 0.6) is 0 Å². The molecule has 2 aromatic rings. The summed E-state index contributed by atoms with van der Waals surface area (Å²) in [7, 11) is 0. The van der Waals surface area contributed by atoms with Gasteiger partial charge in [0.2, 0.25) is 0 Å². The lowest BCUT2D eigenvalue weighted by molar-refractivity contribution is 0.0733. The number of aryl methyl sites for hydroxylation is 1. The van der Waals surface area contributed by atoms with E-state index in [1.54, 1.807) is 12.1 Å². The Bertz CT molecular complexity index is 890. The maximum Gasteiger partial charge on any atom is 0.261 e. The number of amides is 1. The van der Waals surface area contributed by atoms with Crippen LogP contribution in [0.3, 0.4) is 0 Å². The average Bonchev–Trinajstić information content (AvgIpc) is 3.11. The molecule has 0 aliphatic heterocycles. The summed E-state index contributed by atoms with van der Waals surface area (Å²) in [6.07, 6.45) is 3.36. The second-order valence-electron chi connectivity index (χ2n) is 5.90. The predicted octanol–water partition coefficient (Wildman–Crippen LogP) is 2.04. The maximum atomic E-state index is 12.8. The Morgan fingerprint density at radius 1 is 1.36 bits per heavy atom. The Morgan fingerprint density at radius 3 is 2.92 bits per heavy atom. The highest BCUT2D eigenvalue weighted by atomic mass is 16.3. The van der Waals surface area contributed by atoms with E-state index in [-0.39, 0.29) is 30.9 Å². The fourth-order valence-corrected chi connectivity index (χ4v) is 2.93. The number of aromatic amines is 1. The molecule has 1 aliphatic rings. The SMILES string of the molecule is N#CCCN(Cc1ccco1)C(=O)c1cc2c([nH]c1=O)CCCC2=O. The summed E-state index contributed by atoms with van der Waals surface area (Å²) in [5.41, 5.74) is 0.401. The molecule has 7 nitrogen and oxygen atoms in total. The number of hydrogen-bond donors (Lipinski definition) is 1. The molecule has 0 radical (unpaired) electrons. The molecule has 3 rings (SSSR count). The normalized spacial score (nSPS) is 13.2. The molecule has 0 aromatic carbocycles. The van der Waals surface area contributed by atoms with Crippen LogP contribution in [0.2, 0.25) is 0 Å². The summed E-state index contributed by atoms with van der Waals surface area (Å²) >= 11 is 0. The maximum absolute atomic E-state index is 12.8. The van der Waals surface area contributed by atoms with E-state index in [4.69, 9.17) is 9.68 Å². The van der Waals surface area contributed by atoms with Crippen molar-refractivity contribution >= 4 is 11.7 Å². The number of fused-ring (bicyclic) bond motifs is 1. The van der Waals surface area contributed by atoms with Crippen LogP contribution in [0.4, 0.5) is 0 Å². The van der Waals surface area contributed by atoms with Gasteiger partial charge in [0.15, 0.2) is 5.78 Å². The van der Waals surface area contributed by atoms with E-state index in [0.717, 1.165) is 0 Å². The zero-order valence-corrected chi connectivity index (χ0v) is 13.6. The number of Topliss-reactive ketones (excluding diaryl/α,β-unsaturated/α-hetero) is 1. The molecule has 0 fully saturated rings. The molecule has 2 heterocycles. The zero-order chi connectivity index (χ0) is 17.8.